The van der Waals surface area contributed by atoms with Crippen molar-refractivity contribution in [2.75, 3.05) is 47.4 Å². The molecule has 134 valence electrons. The van der Waals surface area contributed by atoms with Crippen molar-refractivity contribution in [1.82, 2.24) is 15.5 Å². The molecule has 0 saturated heterocycles. The van der Waals surface area contributed by atoms with E-state index in [-0.39, 0.29) is 5.91 Å². The van der Waals surface area contributed by atoms with Gasteiger partial charge in [-0.05, 0) is 31.6 Å². The molecule has 1 amide bonds. The van der Waals surface area contributed by atoms with E-state index in [1.54, 1.807) is 26.0 Å². The van der Waals surface area contributed by atoms with E-state index in [9.17, 15) is 4.79 Å². The normalized spacial score (nSPS) is 17.1. The summed E-state index contributed by atoms with van der Waals surface area (Å²) in [6.45, 7) is 5.18. The Balaban J connectivity index is 2.37. The fourth-order valence-corrected chi connectivity index (χ4v) is 3.08. The van der Waals surface area contributed by atoms with Gasteiger partial charge in [0.15, 0.2) is 5.96 Å². The summed E-state index contributed by atoms with van der Waals surface area (Å²) in [6, 6.07) is 0. The maximum absolute atomic E-state index is 11.6. The average molecular weight is 326 g/mol. The molecule has 2 N–H and O–H groups in total. The van der Waals surface area contributed by atoms with E-state index in [1.807, 2.05) is 6.92 Å². The molecule has 0 radical (unpaired) electrons. The molecular weight excluding hydrogens is 292 g/mol. The Morgan fingerprint density at radius 2 is 1.96 bits per heavy atom. The quantitative estimate of drug-likeness (QED) is 0.384. The summed E-state index contributed by atoms with van der Waals surface area (Å²) in [4.78, 5) is 17.5. The van der Waals surface area contributed by atoms with Gasteiger partial charge in [-0.25, -0.2) is 0 Å². The van der Waals surface area contributed by atoms with Gasteiger partial charge in [-0.3, -0.25) is 9.79 Å². The molecule has 0 aromatic rings. The van der Waals surface area contributed by atoms with Crippen LogP contribution >= 0.6 is 0 Å². The van der Waals surface area contributed by atoms with Crippen LogP contribution in [0.4, 0.5) is 0 Å². The van der Waals surface area contributed by atoms with E-state index in [1.165, 1.54) is 25.7 Å². The van der Waals surface area contributed by atoms with Crippen molar-refractivity contribution in [3.8, 4) is 0 Å². The largest absolute Gasteiger partial charge is 0.382 e. The van der Waals surface area contributed by atoms with Gasteiger partial charge in [-0.1, -0.05) is 12.8 Å². The lowest BCUT2D eigenvalue weighted by Crippen LogP contribution is -2.44. The number of guanidine groups is 1. The summed E-state index contributed by atoms with van der Waals surface area (Å²) < 4.78 is 5.55. The van der Waals surface area contributed by atoms with Crippen molar-refractivity contribution >= 4 is 11.9 Å². The van der Waals surface area contributed by atoms with E-state index < -0.39 is 0 Å². The van der Waals surface area contributed by atoms with Gasteiger partial charge < -0.3 is 20.3 Å². The molecule has 0 aliphatic heterocycles. The molecule has 0 aromatic carbocycles. The van der Waals surface area contributed by atoms with Gasteiger partial charge in [-0.15, -0.1) is 0 Å². The first-order valence-corrected chi connectivity index (χ1v) is 8.75. The molecule has 1 rings (SSSR count). The monoisotopic (exact) mass is 326 g/mol. The molecule has 6 nitrogen and oxygen atoms in total. The van der Waals surface area contributed by atoms with Crippen LogP contribution < -0.4 is 10.6 Å². The minimum atomic E-state index is 0.122. The highest BCUT2D eigenvalue weighted by atomic mass is 16.5. The number of nitrogens with one attached hydrogen (secondary N) is 2. The maximum atomic E-state index is 11.6. The number of carbonyl (C=O) groups excluding carboxylic acids is 1. The second kappa shape index (κ2) is 10.5. The van der Waals surface area contributed by atoms with Crippen molar-refractivity contribution in [2.45, 2.75) is 45.4 Å². The highest BCUT2D eigenvalue weighted by molar-refractivity contribution is 5.81. The molecule has 1 fully saturated rings. The van der Waals surface area contributed by atoms with Gasteiger partial charge in [0.25, 0.3) is 0 Å². The van der Waals surface area contributed by atoms with Crippen LogP contribution in [0.3, 0.4) is 0 Å². The average Bonchev–Trinajstić information content (AvgIpc) is 2.99. The fraction of sp³-hybridized carbons (Fsp3) is 0.882. The third kappa shape index (κ3) is 7.20. The molecule has 1 saturated carbocycles. The van der Waals surface area contributed by atoms with E-state index in [0.717, 1.165) is 32.1 Å². The number of hydrogen-bond acceptors (Lipinski definition) is 3. The van der Waals surface area contributed by atoms with Gasteiger partial charge in [0.1, 0.15) is 0 Å². The van der Waals surface area contributed by atoms with Crippen LogP contribution in [-0.4, -0.2) is 64.2 Å². The number of carbonyl (C=O) groups is 1. The zero-order chi connectivity index (χ0) is 17.1. The SMILES string of the molecule is CCOCCC1(CNC(=NC)NCCC(=O)N(C)C)CCCC1. The molecule has 1 aliphatic carbocycles. The van der Waals surface area contributed by atoms with Crippen molar-refractivity contribution in [1.29, 1.82) is 0 Å². The van der Waals surface area contributed by atoms with Crippen LogP contribution in [0.2, 0.25) is 0 Å². The molecule has 0 unspecified atom stereocenters. The minimum absolute atomic E-state index is 0.122. The first-order valence-electron chi connectivity index (χ1n) is 8.75. The number of hydrogen-bond donors (Lipinski definition) is 2. The Morgan fingerprint density at radius 3 is 2.52 bits per heavy atom. The molecule has 6 heteroatoms. The zero-order valence-electron chi connectivity index (χ0n) is 15.3. The Hall–Kier alpha value is -1.30. The third-order valence-corrected chi connectivity index (χ3v) is 4.63. The van der Waals surface area contributed by atoms with Gasteiger partial charge in [-0.2, -0.15) is 0 Å². The van der Waals surface area contributed by atoms with Crippen molar-refractivity contribution < 1.29 is 9.53 Å². The van der Waals surface area contributed by atoms with Gasteiger partial charge in [0.2, 0.25) is 5.91 Å². The van der Waals surface area contributed by atoms with Crippen LogP contribution in [0.25, 0.3) is 0 Å². The van der Waals surface area contributed by atoms with Gasteiger partial charge >= 0.3 is 0 Å². The molecule has 0 atom stereocenters. The van der Waals surface area contributed by atoms with E-state index in [0.29, 0.717) is 18.4 Å². The van der Waals surface area contributed by atoms with Crippen LogP contribution in [0.1, 0.15) is 45.4 Å². The molecular formula is C17H34N4O2. The van der Waals surface area contributed by atoms with Gasteiger partial charge in [0, 0.05) is 53.9 Å². The first-order chi connectivity index (χ1) is 11.0. The first kappa shape index (κ1) is 19.7. The van der Waals surface area contributed by atoms with Crippen LogP contribution in [0.15, 0.2) is 4.99 Å². The lowest BCUT2D eigenvalue weighted by Gasteiger charge is -2.30. The molecule has 0 spiro atoms. The maximum Gasteiger partial charge on any atom is 0.223 e. The molecule has 0 aromatic heterocycles. The second-order valence-electron chi connectivity index (χ2n) is 6.54. The highest BCUT2D eigenvalue weighted by Gasteiger charge is 2.33. The number of aliphatic imine (C=N–C) groups is 1. The zero-order valence-corrected chi connectivity index (χ0v) is 15.3. The van der Waals surface area contributed by atoms with Crippen LogP contribution in [0.5, 0.6) is 0 Å². The molecule has 1 aliphatic rings. The predicted molar refractivity (Wildman–Crippen MR) is 94.7 cm³/mol. The predicted octanol–water partition coefficient (Wildman–Crippen LogP) is 1.62. The lowest BCUT2D eigenvalue weighted by atomic mass is 9.83. The molecule has 0 heterocycles. The van der Waals surface area contributed by atoms with Crippen molar-refractivity contribution in [2.24, 2.45) is 10.4 Å². The van der Waals surface area contributed by atoms with Crippen LogP contribution in [0, 0.1) is 5.41 Å². The van der Waals surface area contributed by atoms with Crippen molar-refractivity contribution in [3.05, 3.63) is 0 Å². The number of ether oxygens (including phenoxy) is 1. The minimum Gasteiger partial charge on any atom is -0.382 e. The van der Waals surface area contributed by atoms with Gasteiger partial charge in [0.05, 0.1) is 0 Å². The van der Waals surface area contributed by atoms with E-state index in [2.05, 4.69) is 15.6 Å². The second-order valence-corrected chi connectivity index (χ2v) is 6.54. The third-order valence-electron chi connectivity index (χ3n) is 4.63. The Morgan fingerprint density at radius 1 is 1.26 bits per heavy atom. The van der Waals surface area contributed by atoms with Crippen LogP contribution in [-0.2, 0) is 9.53 Å². The summed E-state index contributed by atoms with van der Waals surface area (Å²) >= 11 is 0. The fourth-order valence-electron chi connectivity index (χ4n) is 3.08. The lowest BCUT2D eigenvalue weighted by molar-refractivity contribution is -0.128. The molecule has 23 heavy (non-hydrogen) atoms. The Kier molecular flexibility index (Phi) is 8.99. The summed E-state index contributed by atoms with van der Waals surface area (Å²) in [5.74, 6) is 0.899. The summed E-state index contributed by atoms with van der Waals surface area (Å²) in [6.07, 6.45) is 6.69. The van der Waals surface area contributed by atoms with E-state index >= 15 is 0 Å². The number of amides is 1. The Bertz CT molecular complexity index is 377. The smallest absolute Gasteiger partial charge is 0.223 e. The summed E-state index contributed by atoms with van der Waals surface area (Å²) in [5.41, 5.74) is 0.326. The summed E-state index contributed by atoms with van der Waals surface area (Å²) in [5, 5.41) is 6.66. The highest BCUT2D eigenvalue weighted by Crippen LogP contribution is 2.40. The Labute approximate surface area is 141 Å². The topological polar surface area (TPSA) is 66.0 Å². The summed E-state index contributed by atoms with van der Waals surface area (Å²) in [7, 11) is 5.32. The van der Waals surface area contributed by atoms with E-state index in [4.69, 9.17) is 4.74 Å². The standard InChI is InChI=1S/C17H34N4O2/c1-5-23-13-11-17(9-6-7-10-17)14-20-16(18-2)19-12-8-15(22)21(3)4/h5-14H2,1-4H3,(H2,18,19,20). The number of nitrogens with zero attached hydrogens (tertiary/aromatic N) is 2. The molecule has 0 bridgehead atoms. The van der Waals surface area contributed by atoms with Crippen molar-refractivity contribution in [3.63, 3.8) is 0 Å². The number of rotatable bonds is 9.